The SMILES string of the molecule is CCOC(=O)N1CCc2c(sc(NC(=O)c3cccc(Cl)c3)c2C(=O)OC)C1. The van der Waals surface area contributed by atoms with Gasteiger partial charge in [0.2, 0.25) is 0 Å². The molecule has 0 saturated carbocycles. The summed E-state index contributed by atoms with van der Waals surface area (Å²) in [7, 11) is 1.29. The van der Waals surface area contributed by atoms with Crippen molar-refractivity contribution in [3.8, 4) is 0 Å². The molecule has 148 valence electrons. The van der Waals surface area contributed by atoms with Crippen LogP contribution in [-0.2, 0) is 22.4 Å². The number of amides is 2. The second-order valence-corrected chi connectivity index (χ2v) is 7.58. The lowest BCUT2D eigenvalue weighted by atomic mass is 10.0. The zero-order valence-corrected chi connectivity index (χ0v) is 17.0. The number of hydrogen-bond donors (Lipinski definition) is 1. The minimum absolute atomic E-state index is 0.293. The zero-order valence-electron chi connectivity index (χ0n) is 15.4. The average molecular weight is 423 g/mol. The van der Waals surface area contributed by atoms with E-state index in [-0.39, 0.29) is 5.91 Å². The van der Waals surface area contributed by atoms with E-state index in [0.717, 1.165) is 10.4 Å². The lowest BCUT2D eigenvalue weighted by molar-refractivity contribution is 0.0600. The summed E-state index contributed by atoms with van der Waals surface area (Å²) < 4.78 is 9.96. The van der Waals surface area contributed by atoms with Gasteiger partial charge in [-0.1, -0.05) is 17.7 Å². The van der Waals surface area contributed by atoms with Crippen molar-refractivity contribution in [2.24, 2.45) is 0 Å². The number of nitrogens with one attached hydrogen (secondary N) is 1. The molecule has 2 amide bonds. The molecule has 0 atom stereocenters. The van der Waals surface area contributed by atoms with Gasteiger partial charge in [0.25, 0.3) is 5.91 Å². The molecule has 28 heavy (non-hydrogen) atoms. The summed E-state index contributed by atoms with van der Waals surface area (Å²) in [6.45, 7) is 2.78. The zero-order chi connectivity index (χ0) is 20.3. The van der Waals surface area contributed by atoms with Crippen LogP contribution < -0.4 is 5.32 Å². The molecule has 3 rings (SSSR count). The van der Waals surface area contributed by atoms with Gasteiger partial charge >= 0.3 is 12.1 Å². The molecule has 1 aliphatic rings. The Morgan fingerprint density at radius 3 is 2.79 bits per heavy atom. The van der Waals surface area contributed by atoms with Gasteiger partial charge in [0, 0.05) is 22.0 Å². The van der Waals surface area contributed by atoms with E-state index in [9.17, 15) is 14.4 Å². The summed E-state index contributed by atoms with van der Waals surface area (Å²) in [4.78, 5) is 39.4. The van der Waals surface area contributed by atoms with E-state index < -0.39 is 12.1 Å². The molecular formula is C19H19ClN2O5S. The van der Waals surface area contributed by atoms with Gasteiger partial charge in [0.15, 0.2) is 0 Å². The quantitative estimate of drug-likeness (QED) is 0.754. The summed E-state index contributed by atoms with van der Waals surface area (Å²) in [5.74, 6) is -0.906. The molecule has 9 heteroatoms. The van der Waals surface area contributed by atoms with Crippen molar-refractivity contribution in [2.45, 2.75) is 19.9 Å². The van der Waals surface area contributed by atoms with Gasteiger partial charge in [0.05, 0.1) is 25.8 Å². The van der Waals surface area contributed by atoms with Crippen LogP contribution in [0.4, 0.5) is 9.80 Å². The molecule has 7 nitrogen and oxygen atoms in total. The van der Waals surface area contributed by atoms with E-state index >= 15 is 0 Å². The molecule has 1 aliphatic heterocycles. The first-order valence-corrected chi connectivity index (χ1v) is 9.85. The maximum atomic E-state index is 12.6. The second-order valence-electron chi connectivity index (χ2n) is 6.03. The number of rotatable bonds is 4. The summed E-state index contributed by atoms with van der Waals surface area (Å²) in [6, 6.07) is 6.53. The molecule has 0 fully saturated rings. The molecule has 2 heterocycles. The van der Waals surface area contributed by atoms with Crippen LogP contribution in [0.1, 0.15) is 38.1 Å². The lowest BCUT2D eigenvalue weighted by Crippen LogP contribution is -2.36. The minimum Gasteiger partial charge on any atom is -0.465 e. The molecule has 0 saturated heterocycles. The average Bonchev–Trinajstić information content (AvgIpc) is 3.04. The van der Waals surface area contributed by atoms with Crippen molar-refractivity contribution in [1.29, 1.82) is 0 Å². The van der Waals surface area contributed by atoms with Crippen LogP contribution in [0.15, 0.2) is 24.3 Å². The smallest absolute Gasteiger partial charge is 0.410 e. The van der Waals surface area contributed by atoms with Crippen molar-refractivity contribution in [1.82, 2.24) is 4.90 Å². The van der Waals surface area contributed by atoms with Crippen molar-refractivity contribution < 1.29 is 23.9 Å². The van der Waals surface area contributed by atoms with Crippen molar-refractivity contribution >= 4 is 45.9 Å². The summed E-state index contributed by atoms with van der Waals surface area (Å²) in [5, 5.41) is 3.62. The van der Waals surface area contributed by atoms with Crippen LogP contribution in [0.2, 0.25) is 5.02 Å². The fraction of sp³-hybridized carbons (Fsp3) is 0.316. The maximum Gasteiger partial charge on any atom is 0.410 e. The third kappa shape index (κ3) is 4.13. The predicted octanol–water partition coefficient (Wildman–Crippen LogP) is 3.96. The monoisotopic (exact) mass is 422 g/mol. The molecule has 0 unspecified atom stereocenters. The lowest BCUT2D eigenvalue weighted by Gasteiger charge is -2.26. The Morgan fingerprint density at radius 2 is 2.11 bits per heavy atom. The Bertz CT molecular complexity index is 927. The number of methoxy groups -OCH3 is 1. The van der Waals surface area contributed by atoms with E-state index in [1.54, 1.807) is 36.1 Å². The number of esters is 1. The highest BCUT2D eigenvalue weighted by Crippen LogP contribution is 2.38. The number of ether oxygens (including phenoxy) is 2. The Labute approximate surface area is 171 Å². The fourth-order valence-electron chi connectivity index (χ4n) is 2.99. The number of nitrogens with zero attached hydrogens (tertiary/aromatic N) is 1. The van der Waals surface area contributed by atoms with Crippen LogP contribution in [0.3, 0.4) is 0 Å². The van der Waals surface area contributed by atoms with E-state index in [1.807, 2.05) is 0 Å². The summed E-state index contributed by atoms with van der Waals surface area (Å²) in [5.41, 5.74) is 1.50. The van der Waals surface area contributed by atoms with E-state index in [4.69, 9.17) is 21.1 Å². The standard InChI is InChI=1S/C19H19ClN2O5S/c1-3-27-19(25)22-8-7-13-14(10-22)28-17(15(13)18(24)26-2)21-16(23)11-5-4-6-12(20)9-11/h4-6,9H,3,7-8,10H2,1-2H3,(H,21,23). The van der Waals surface area contributed by atoms with Gasteiger partial charge in [-0.2, -0.15) is 0 Å². The third-order valence-corrected chi connectivity index (χ3v) is 5.65. The maximum absolute atomic E-state index is 12.6. The predicted molar refractivity (Wildman–Crippen MR) is 106 cm³/mol. The topological polar surface area (TPSA) is 84.9 Å². The molecule has 0 radical (unpaired) electrons. The first kappa shape index (κ1) is 20.2. The van der Waals surface area contributed by atoms with Crippen molar-refractivity contribution in [3.05, 3.63) is 50.9 Å². The first-order valence-electron chi connectivity index (χ1n) is 8.66. The third-order valence-electron chi connectivity index (χ3n) is 4.29. The van der Waals surface area contributed by atoms with Gasteiger partial charge in [-0.05, 0) is 37.1 Å². The number of anilines is 1. The number of benzene rings is 1. The second kappa shape index (κ2) is 8.62. The normalized spacial score (nSPS) is 12.9. The van der Waals surface area contributed by atoms with Gasteiger partial charge in [-0.25, -0.2) is 9.59 Å². The summed E-state index contributed by atoms with van der Waals surface area (Å²) in [6.07, 6.45) is 0.0768. The van der Waals surface area contributed by atoms with E-state index in [1.165, 1.54) is 18.4 Å². The number of halogens is 1. The molecular weight excluding hydrogens is 404 g/mol. The van der Waals surface area contributed by atoms with Gasteiger partial charge in [-0.15, -0.1) is 11.3 Å². The Balaban J connectivity index is 1.90. The molecule has 1 N–H and O–H groups in total. The van der Waals surface area contributed by atoms with Crippen molar-refractivity contribution in [3.63, 3.8) is 0 Å². The van der Waals surface area contributed by atoms with Crippen LogP contribution in [-0.4, -0.2) is 43.1 Å². The molecule has 0 spiro atoms. The van der Waals surface area contributed by atoms with E-state index in [2.05, 4.69) is 5.32 Å². The Hall–Kier alpha value is -2.58. The molecule has 0 aliphatic carbocycles. The largest absolute Gasteiger partial charge is 0.465 e. The molecule has 1 aromatic heterocycles. The molecule has 2 aromatic rings. The number of fused-ring (bicyclic) bond motifs is 1. The highest BCUT2D eigenvalue weighted by atomic mass is 35.5. The van der Waals surface area contributed by atoms with Crippen LogP contribution in [0.25, 0.3) is 0 Å². The van der Waals surface area contributed by atoms with Crippen LogP contribution >= 0.6 is 22.9 Å². The highest BCUT2D eigenvalue weighted by molar-refractivity contribution is 7.17. The number of hydrogen-bond acceptors (Lipinski definition) is 6. The van der Waals surface area contributed by atoms with Gasteiger partial charge in [0.1, 0.15) is 5.00 Å². The van der Waals surface area contributed by atoms with Gasteiger partial charge in [-0.3, -0.25) is 4.79 Å². The molecule has 0 bridgehead atoms. The number of carbonyl (C=O) groups excluding carboxylic acids is 3. The Kier molecular flexibility index (Phi) is 6.21. The fourth-order valence-corrected chi connectivity index (χ4v) is 4.42. The number of carbonyl (C=O) groups is 3. The molecule has 1 aromatic carbocycles. The van der Waals surface area contributed by atoms with Crippen LogP contribution in [0.5, 0.6) is 0 Å². The van der Waals surface area contributed by atoms with Crippen molar-refractivity contribution in [2.75, 3.05) is 25.6 Å². The van der Waals surface area contributed by atoms with E-state index in [0.29, 0.717) is 47.3 Å². The van der Waals surface area contributed by atoms with Crippen LogP contribution in [0, 0.1) is 0 Å². The highest BCUT2D eigenvalue weighted by Gasteiger charge is 2.31. The first-order chi connectivity index (χ1) is 13.4. The Morgan fingerprint density at radius 1 is 1.32 bits per heavy atom. The minimum atomic E-state index is -0.525. The summed E-state index contributed by atoms with van der Waals surface area (Å²) >= 11 is 7.21. The number of thiophene rings is 1. The van der Waals surface area contributed by atoms with Gasteiger partial charge < -0.3 is 19.7 Å².